The van der Waals surface area contributed by atoms with Gasteiger partial charge in [0.1, 0.15) is 0 Å². The average Bonchev–Trinajstić information content (AvgIpc) is 2.29. The molecule has 0 aliphatic heterocycles. The number of nitrogens with zero attached hydrogens (tertiary/aromatic N) is 1. The molecule has 0 N–H and O–H groups in total. The Kier molecular flexibility index (Phi) is 4.71. The van der Waals surface area contributed by atoms with Gasteiger partial charge in [0.2, 0.25) is 6.04 Å². The van der Waals surface area contributed by atoms with Crippen LogP contribution in [0.3, 0.4) is 0 Å². The van der Waals surface area contributed by atoms with Crippen LogP contribution < -0.4 is 0 Å². The summed E-state index contributed by atoms with van der Waals surface area (Å²) in [6, 6.07) is 7.54. The molecule has 0 bridgehead atoms. The molecule has 0 heterocycles. The van der Waals surface area contributed by atoms with E-state index in [4.69, 9.17) is 0 Å². The Balaban J connectivity index is 2.90. The van der Waals surface area contributed by atoms with Gasteiger partial charge in [0.25, 0.3) is 0 Å². The maximum absolute atomic E-state index is 11.3. The van der Waals surface area contributed by atoms with E-state index in [0.717, 1.165) is 0 Å². The van der Waals surface area contributed by atoms with Crippen LogP contribution in [-0.2, 0) is 9.59 Å². The van der Waals surface area contributed by atoms with E-state index >= 15 is 0 Å². The van der Waals surface area contributed by atoms with E-state index in [9.17, 15) is 19.7 Å². The maximum Gasteiger partial charge on any atom is 0.241 e. The summed E-state index contributed by atoms with van der Waals surface area (Å²) in [5, 5.41) is 11.1. The predicted molar refractivity (Wildman–Crippen MR) is 65.6 cm³/mol. The van der Waals surface area contributed by atoms with Crippen molar-refractivity contribution in [2.45, 2.75) is 26.3 Å². The van der Waals surface area contributed by atoms with Crippen LogP contribution >= 0.6 is 0 Å². The molecule has 0 amide bonds. The highest BCUT2D eigenvalue weighted by Crippen LogP contribution is 2.27. The number of hydrogen-bond acceptors (Lipinski definition) is 4. The number of Topliss-reactive ketones (excluding diaryl/α,β-unsaturated/α-hetero) is 2. The van der Waals surface area contributed by atoms with Gasteiger partial charge in [-0.25, -0.2) is 0 Å². The standard InChI is InChI=1S/C13H15NO4/c1-9(8-12(16)10(2)15)13(14(17)18)11-6-4-3-5-7-11/h3-7,9,13H,8H2,1-2H3. The Morgan fingerprint density at radius 1 is 1.28 bits per heavy atom. The number of nitro groups is 1. The Hall–Kier alpha value is -2.04. The molecule has 1 aromatic rings. The second-order valence-electron chi connectivity index (χ2n) is 4.30. The molecule has 0 radical (unpaired) electrons. The number of carbonyl (C=O) groups excluding carboxylic acids is 2. The van der Waals surface area contributed by atoms with E-state index in [1.165, 1.54) is 6.92 Å². The second kappa shape index (κ2) is 6.05. The van der Waals surface area contributed by atoms with Gasteiger partial charge >= 0.3 is 0 Å². The largest absolute Gasteiger partial charge is 0.291 e. The Labute approximate surface area is 105 Å². The van der Waals surface area contributed by atoms with Gasteiger partial charge in [-0.1, -0.05) is 37.3 Å². The smallest absolute Gasteiger partial charge is 0.241 e. The van der Waals surface area contributed by atoms with E-state index in [0.29, 0.717) is 5.56 Å². The van der Waals surface area contributed by atoms with Crippen LogP contribution in [0, 0.1) is 16.0 Å². The molecule has 1 rings (SSSR count). The van der Waals surface area contributed by atoms with Crippen molar-refractivity contribution in [2.75, 3.05) is 0 Å². The molecule has 0 saturated carbocycles. The summed E-state index contributed by atoms with van der Waals surface area (Å²) in [5.41, 5.74) is 0.548. The predicted octanol–water partition coefficient (Wildman–Crippen LogP) is 2.19. The van der Waals surface area contributed by atoms with Gasteiger partial charge in [-0.15, -0.1) is 0 Å². The number of carbonyl (C=O) groups is 2. The van der Waals surface area contributed by atoms with Crippen molar-refractivity contribution in [1.82, 2.24) is 0 Å². The van der Waals surface area contributed by atoms with Gasteiger partial charge in [0.15, 0.2) is 11.6 Å². The fraction of sp³-hybridized carbons (Fsp3) is 0.385. The van der Waals surface area contributed by atoms with E-state index in [1.54, 1.807) is 37.3 Å². The third kappa shape index (κ3) is 3.48. The second-order valence-corrected chi connectivity index (χ2v) is 4.30. The van der Waals surface area contributed by atoms with Crippen molar-refractivity contribution in [3.8, 4) is 0 Å². The normalized spacial score (nSPS) is 13.7. The number of benzene rings is 1. The van der Waals surface area contributed by atoms with Crippen LogP contribution in [0.25, 0.3) is 0 Å². The lowest BCUT2D eigenvalue weighted by atomic mass is 9.90. The SMILES string of the molecule is CC(=O)C(=O)CC(C)C(c1ccccc1)[N+](=O)[O-]. The van der Waals surface area contributed by atoms with Crippen LogP contribution in [0.15, 0.2) is 30.3 Å². The van der Waals surface area contributed by atoms with Crippen LogP contribution in [0.4, 0.5) is 0 Å². The zero-order valence-electron chi connectivity index (χ0n) is 10.3. The number of rotatable bonds is 6. The summed E-state index contributed by atoms with van der Waals surface area (Å²) in [6.07, 6.45) is -0.101. The van der Waals surface area contributed by atoms with Crippen LogP contribution in [-0.4, -0.2) is 16.5 Å². The maximum atomic E-state index is 11.3. The summed E-state index contributed by atoms with van der Waals surface area (Å²) in [5.74, 6) is -1.64. The zero-order valence-corrected chi connectivity index (χ0v) is 10.3. The van der Waals surface area contributed by atoms with Crippen LogP contribution in [0.2, 0.25) is 0 Å². The van der Waals surface area contributed by atoms with Gasteiger partial charge in [0.05, 0.1) is 0 Å². The van der Waals surface area contributed by atoms with Crippen molar-refractivity contribution in [3.05, 3.63) is 46.0 Å². The van der Waals surface area contributed by atoms with Crippen molar-refractivity contribution in [3.63, 3.8) is 0 Å². The number of ketones is 2. The molecular formula is C13H15NO4. The van der Waals surface area contributed by atoms with Crippen LogP contribution in [0.5, 0.6) is 0 Å². The molecule has 5 heteroatoms. The lowest BCUT2D eigenvalue weighted by Gasteiger charge is -2.16. The number of hydrogen-bond donors (Lipinski definition) is 0. The van der Waals surface area contributed by atoms with Gasteiger partial charge in [-0.2, -0.15) is 0 Å². The quantitative estimate of drug-likeness (QED) is 0.440. The zero-order chi connectivity index (χ0) is 13.7. The lowest BCUT2D eigenvalue weighted by Crippen LogP contribution is -2.23. The molecule has 0 aliphatic rings. The third-order valence-electron chi connectivity index (χ3n) is 2.81. The minimum absolute atomic E-state index is 0.101. The molecule has 2 atom stereocenters. The van der Waals surface area contributed by atoms with Crippen molar-refractivity contribution >= 4 is 11.6 Å². The molecule has 0 saturated heterocycles. The highest BCUT2D eigenvalue weighted by Gasteiger charge is 2.31. The third-order valence-corrected chi connectivity index (χ3v) is 2.81. The average molecular weight is 249 g/mol. The first kappa shape index (κ1) is 14.0. The molecule has 96 valence electrons. The highest BCUT2D eigenvalue weighted by atomic mass is 16.6. The molecule has 0 fully saturated rings. The van der Waals surface area contributed by atoms with Gasteiger partial charge in [-0.05, 0) is 0 Å². The summed E-state index contributed by atoms with van der Waals surface area (Å²) in [7, 11) is 0. The fourth-order valence-corrected chi connectivity index (χ4v) is 1.86. The summed E-state index contributed by atoms with van der Waals surface area (Å²) in [6.45, 7) is 2.79. The fourth-order valence-electron chi connectivity index (χ4n) is 1.86. The first-order valence-electron chi connectivity index (χ1n) is 5.65. The summed E-state index contributed by atoms with van der Waals surface area (Å²) < 4.78 is 0. The van der Waals surface area contributed by atoms with E-state index < -0.39 is 28.4 Å². The van der Waals surface area contributed by atoms with Gasteiger partial charge in [0, 0.05) is 29.7 Å². The summed E-state index contributed by atoms with van der Waals surface area (Å²) in [4.78, 5) is 32.9. The monoisotopic (exact) mass is 249 g/mol. The molecule has 0 aromatic heterocycles. The highest BCUT2D eigenvalue weighted by molar-refractivity contribution is 6.36. The van der Waals surface area contributed by atoms with Gasteiger partial charge in [-0.3, -0.25) is 19.7 Å². The molecule has 2 unspecified atom stereocenters. The van der Waals surface area contributed by atoms with Crippen molar-refractivity contribution in [1.29, 1.82) is 0 Å². The van der Waals surface area contributed by atoms with E-state index in [1.807, 2.05) is 0 Å². The molecule has 5 nitrogen and oxygen atoms in total. The molecule has 0 spiro atoms. The first-order valence-corrected chi connectivity index (χ1v) is 5.65. The molecular weight excluding hydrogens is 234 g/mol. The van der Waals surface area contributed by atoms with Crippen molar-refractivity contribution in [2.24, 2.45) is 5.92 Å². The van der Waals surface area contributed by atoms with Gasteiger partial charge < -0.3 is 0 Å². The Morgan fingerprint density at radius 3 is 2.28 bits per heavy atom. The summed E-state index contributed by atoms with van der Waals surface area (Å²) >= 11 is 0. The van der Waals surface area contributed by atoms with E-state index in [2.05, 4.69) is 0 Å². The molecule has 1 aromatic carbocycles. The van der Waals surface area contributed by atoms with E-state index in [-0.39, 0.29) is 6.42 Å². The Morgan fingerprint density at radius 2 is 1.83 bits per heavy atom. The topological polar surface area (TPSA) is 77.3 Å². The lowest BCUT2D eigenvalue weighted by molar-refractivity contribution is -0.538. The molecule has 18 heavy (non-hydrogen) atoms. The Bertz CT molecular complexity index is 455. The minimum atomic E-state index is -0.963. The van der Waals surface area contributed by atoms with Crippen molar-refractivity contribution < 1.29 is 14.5 Å². The first-order chi connectivity index (χ1) is 8.43. The molecule has 0 aliphatic carbocycles. The minimum Gasteiger partial charge on any atom is -0.291 e. The van der Waals surface area contributed by atoms with Crippen LogP contribution in [0.1, 0.15) is 31.9 Å².